The lowest BCUT2D eigenvalue weighted by molar-refractivity contribution is -0.133. The van der Waals surface area contributed by atoms with Crippen LogP contribution in [0.5, 0.6) is 0 Å². The van der Waals surface area contributed by atoms with Gasteiger partial charge in [-0.3, -0.25) is 9.48 Å². The molecule has 1 atom stereocenters. The molecule has 4 heterocycles. The SMILES string of the molecule is Cc1ccc2cc(CN(C[C@H]3CCCO3)C(=O)CCn3ccc(C)n3)c(-c3cccs3)nc2c1. The van der Waals surface area contributed by atoms with Gasteiger partial charge >= 0.3 is 0 Å². The van der Waals surface area contributed by atoms with Crippen LogP contribution in [-0.2, 0) is 22.6 Å². The zero-order valence-electron chi connectivity index (χ0n) is 19.7. The van der Waals surface area contributed by atoms with Crippen LogP contribution in [0, 0.1) is 13.8 Å². The molecule has 4 aromatic rings. The molecule has 34 heavy (non-hydrogen) atoms. The maximum absolute atomic E-state index is 13.4. The molecule has 0 radical (unpaired) electrons. The van der Waals surface area contributed by atoms with Gasteiger partial charge in [0.1, 0.15) is 0 Å². The summed E-state index contributed by atoms with van der Waals surface area (Å²) in [6, 6.07) is 14.7. The normalized spacial score (nSPS) is 15.8. The molecule has 1 aromatic carbocycles. The molecule has 0 bridgehead atoms. The molecule has 1 aliphatic rings. The number of carbonyl (C=O) groups excluding carboxylic acids is 1. The number of carbonyl (C=O) groups is 1. The van der Waals surface area contributed by atoms with Crippen LogP contribution in [0.25, 0.3) is 21.5 Å². The lowest BCUT2D eigenvalue weighted by Crippen LogP contribution is -2.37. The van der Waals surface area contributed by atoms with E-state index in [0.29, 0.717) is 26.1 Å². The molecule has 0 spiro atoms. The van der Waals surface area contributed by atoms with Crippen molar-refractivity contribution in [1.82, 2.24) is 19.7 Å². The molecule has 6 nitrogen and oxygen atoms in total. The number of hydrogen-bond donors (Lipinski definition) is 0. The van der Waals surface area contributed by atoms with E-state index in [1.807, 2.05) is 34.8 Å². The Morgan fingerprint density at radius 2 is 2.15 bits per heavy atom. The molecule has 1 saturated heterocycles. The van der Waals surface area contributed by atoms with E-state index < -0.39 is 0 Å². The first kappa shape index (κ1) is 22.7. The summed E-state index contributed by atoms with van der Waals surface area (Å²) in [5.41, 5.74) is 5.16. The van der Waals surface area contributed by atoms with Crippen LogP contribution in [-0.4, -0.2) is 44.8 Å². The highest BCUT2D eigenvalue weighted by Crippen LogP contribution is 2.31. The Balaban J connectivity index is 1.45. The first-order valence-electron chi connectivity index (χ1n) is 11.9. The van der Waals surface area contributed by atoms with E-state index in [2.05, 4.69) is 47.7 Å². The molecule has 1 aliphatic heterocycles. The molecule has 1 fully saturated rings. The Hall–Kier alpha value is -3.03. The molecule has 0 N–H and O–H groups in total. The minimum absolute atomic E-state index is 0.0946. The van der Waals surface area contributed by atoms with E-state index in [0.717, 1.165) is 52.2 Å². The van der Waals surface area contributed by atoms with Gasteiger partial charge in [-0.25, -0.2) is 4.98 Å². The number of fused-ring (bicyclic) bond motifs is 1. The Morgan fingerprint density at radius 3 is 2.88 bits per heavy atom. The van der Waals surface area contributed by atoms with Crippen molar-refractivity contribution >= 4 is 28.1 Å². The number of benzene rings is 1. The number of rotatable bonds is 8. The van der Waals surface area contributed by atoms with Crippen molar-refractivity contribution in [2.75, 3.05) is 13.2 Å². The molecule has 1 amide bonds. The van der Waals surface area contributed by atoms with Crippen LogP contribution in [0.2, 0.25) is 0 Å². The van der Waals surface area contributed by atoms with Crippen LogP contribution in [0.4, 0.5) is 0 Å². The quantitative estimate of drug-likeness (QED) is 0.344. The summed E-state index contributed by atoms with van der Waals surface area (Å²) in [6.07, 6.45) is 4.47. The third kappa shape index (κ3) is 5.21. The predicted octanol–water partition coefficient (Wildman–Crippen LogP) is 5.37. The van der Waals surface area contributed by atoms with Crippen molar-refractivity contribution < 1.29 is 9.53 Å². The van der Waals surface area contributed by atoms with Crippen LogP contribution in [0.1, 0.15) is 36.1 Å². The number of aryl methyl sites for hydroxylation is 3. The summed E-state index contributed by atoms with van der Waals surface area (Å²) < 4.78 is 7.74. The molecule has 176 valence electrons. The third-order valence-corrected chi connectivity index (χ3v) is 7.17. The second-order valence-corrected chi connectivity index (χ2v) is 10.00. The minimum atomic E-state index is 0.0946. The monoisotopic (exact) mass is 474 g/mol. The number of nitrogens with zero attached hydrogens (tertiary/aromatic N) is 4. The fourth-order valence-corrected chi connectivity index (χ4v) is 5.27. The number of thiophene rings is 1. The highest BCUT2D eigenvalue weighted by molar-refractivity contribution is 7.13. The maximum Gasteiger partial charge on any atom is 0.224 e. The van der Waals surface area contributed by atoms with Crippen molar-refractivity contribution in [1.29, 1.82) is 0 Å². The van der Waals surface area contributed by atoms with Gasteiger partial charge in [0.05, 0.1) is 27.9 Å². The van der Waals surface area contributed by atoms with Crippen molar-refractivity contribution in [3.8, 4) is 10.6 Å². The van der Waals surface area contributed by atoms with Gasteiger partial charge in [-0.15, -0.1) is 11.3 Å². The van der Waals surface area contributed by atoms with E-state index in [1.54, 1.807) is 11.3 Å². The highest BCUT2D eigenvalue weighted by Gasteiger charge is 2.24. The van der Waals surface area contributed by atoms with E-state index >= 15 is 0 Å². The number of pyridine rings is 1. The Morgan fingerprint density at radius 1 is 1.24 bits per heavy atom. The van der Waals surface area contributed by atoms with Crippen LogP contribution < -0.4 is 0 Å². The highest BCUT2D eigenvalue weighted by atomic mass is 32.1. The number of amides is 1. The van der Waals surface area contributed by atoms with Gasteiger partial charge in [0, 0.05) is 44.2 Å². The van der Waals surface area contributed by atoms with Crippen molar-refractivity contribution in [3.05, 3.63) is 70.9 Å². The molecule has 7 heteroatoms. The zero-order chi connectivity index (χ0) is 23.5. The van der Waals surface area contributed by atoms with E-state index in [9.17, 15) is 4.79 Å². The third-order valence-electron chi connectivity index (χ3n) is 6.30. The lowest BCUT2D eigenvalue weighted by atomic mass is 10.1. The minimum Gasteiger partial charge on any atom is -0.376 e. The van der Waals surface area contributed by atoms with Crippen LogP contribution in [0.15, 0.2) is 54.0 Å². The average molecular weight is 475 g/mol. The van der Waals surface area contributed by atoms with Gasteiger partial charge in [-0.05, 0) is 67.5 Å². The number of aromatic nitrogens is 3. The van der Waals surface area contributed by atoms with Gasteiger partial charge in [0.25, 0.3) is 0 Å². The van der Waals surface area contributed by atoms with Gasteiger partial charge < -0.3 is 9.64 Å². The summed E-state index contributed by atoms with van der Waals surface area (Å²) in [5.74, 6) is 0.116. The summed E-state index contributed by atoms with van der Waals surface area (Å²) in [7, 11) is 0. The standard InChI is InChI=1S/C27H30N4O2S/c1-19-7-8-21-16-22(27(28-24(21)15-19)25-6-4-14-34-25)17-30(18-23-5-3-13-33-23)26(32)10-12-31-11-9-20(2)29-31/h4,6-9,11,14-16,23H,3,5,10,12-13,17-18H2,1-2H3/t23-/m1/s1. The van der Waals surface area contributed by atoms with Crippen molar-refractivity contribution in [3.63, 3.8) is 0 Å². The topological polar surface area (TPSA) is 60.2 Å². The van der Waals surface area contributed by atoms with Gasteiger partial charge in [-0.2, -0.15) is 5.10 Å². The Bertz CT molecular complexity index is 1280. The summed E-state index contributed by atoms with van der Waals surface area (Å²) in [6.45, 7) is 6.51. The van der Waals surface area contributed by atoms with Gasteiger partial charge in [0.2, 0.25) is 5.91 Å². The number of ether oxygens (including phenoxy) is 1. The summed E-state index contributed by atoms with van der Waals surface area (Å²) in [5, 5.41) is 7.60. The molecule has 0 saturated carbocycles. The van der Waals surface area contributed by atoms with Crippen molar-refractivity contribution in [2.45, 2.75) is 52.3 Å². The average Bonchev–Trinajstić information content (AvgIpc) is 3.60. The molecular weight excluding hydrogens is 444 g/mol. The van der Waals surface area contributed by atoms with Gasteiger partial charge in [0.15, 0.2) is 0 Å². The second kappa shape index (κ2) is 10.1. The summed E-state index contributed by atoms with van der Waals surface area (Å²) >= 11 is 1.68. The first-order chi connectivity index (χ1) is 16.5. The van der Waals surface area contributed by atoms with Gasteiger partial charge in [-0.1, -0.05) is 18.2 Å². The molecule has 5 rings (SSSR count). The van der Waals surface area contributed by atoms with E-state index in [4.69, 9.17) is 9.72 Å². The van der Waals surface area contributed by atoms with Crippen LogP contribution >= 0.6 is 11.3 Å². The predicted molar refractivity (Wildman–Crippen MR) is 136 cm³/mol. The summed E-state index contributed by atoms with van der Waals surface area (Å²) in [4.78, 5) is 21.6. The lowest BCUT2D eigenvalue weighted by Gasteiger charge is -2.26. The number of hydrogen-bond acceptors (Lipinski definition) is 5. The molecule has 0 aliphatic carbocycles. The molecular formula is C27H30N4O2S. The van der Waals surface area contributed by atoms with Crippen LogP contribution in [0.3, 0.4) is 0 Å². The zero-order valence-corrected chi connectivity index (χ0v) is 20.6. The fourth-order valence-electron chi connectivity index (χ4n) is 4.52. The maximum atomic E-state index is 13.4. The van der Waals surface area contributed by atoms with E-state index in [-0.39, 0.29) is 12.0 Å². The Labute approximate surface area is 204 Å². The second-order valence-electron chi connectivity index (χ2n) is 9.05. The molecule has 0 unspecified atom stereocenters. The smallest absolute Gasteiger partial charge is 0.224 e. The largest absolute Gasteiger partial charge is 0.376 e. The first-order valence-corrected chi connectivity index (χ1v) is 12.8. The Kier molecular flexibility index (Phi) is 6.74. The fraction of sp³-hybridized carbons (Fsp3) is 0.370. The molecule has 3 aromatic heterocycles. The van der Waals surface area contributed by atoms with Crippen molar-refractivity contribution in [2.24, 2.45) is 0 Å². The van der Waals surface area contributed by atoms with E-state index in [1.165, 1.54) is 5.56 Å².